The lowest BCUT2D eigenvalue weighted by molar-refractivity contribution is 0.324. The van der Waals surface area contributed by atoms with E-state index in [1.165, 1.54) is 10.9 Å². The van der Waals surface area contributed by atoms with Gasteiger partial charge in [-0.05, 0) is 30.2 Å². The van der Waals surface area contributed by atoms with Crippen LogP contribution in [0.4, 0.5) is 0 Å². The van der Waals surface area contributed by atoms with Gasteiger partial charge in [0.2, 0.25) is 0 Å². The highest BCUT2D eigenvalue weighted by Crippen LogP contribution is 2.22. The van der Waals surface area contributed by atoms with E-state index in [4.69, 9.17) is 4.55 Å². The second-order valence-electron chi connectivity index (χ2n) is 3.93. The summed E-state index contributed by atoms with van der Waals surface area (Å²) in [5, 5.41) is 1.24. The largest absolute Gasteiger partial charge is 0.397 e. The Morgan fingerprint density at radius 2 is 2.00 bits per heavy atom. The van der Waals surface area contributed by atoms with Gasteiger partial charge < -0.3 is 0 Å². The van der Waals surface area contributed by atoms with Crippen LogP contribution in [0, 0.1) is 0 Å². The molecule has 1 aromatic heterocycles. The van der Waals surface area contributed by atoms with Crippen molar-refractivity contribution < 1.29 is 17.2 Å². The zero-order chi connectivity index (χ0) is 13.9. The van der Waals surface area contributed by atoms with E-state index in [0.29, 0.717) is 0 Å². The maximum atomic E-state index is 9.33. The molecule has 3 rings (SSSR count). The Labute approximate surface area is 111 Å². The van der Waals surface area contributed by atoms with Gasteiger partial charge in [-0.15, -0.1) is 0 Å². The van der Waals surface area contributed by atoms with E-state index in [9.17, 15) is 8.42 Å². The maximum Gasteiger partial charge on any atom is 0.397 e. The van der Waals surface area contributed by atoms with Gasteiger partial charge in [-0.25, -0.2) is 4.98 Å². The number of hydrogen-bond acceptors (Lipinski definition) is 4. The van der Waals surface area contributed by atoms with E-state index >= 15 is 0 Å². The zero-order valence-electron chi connectivity index (χ0n) is 10.3. The Morgan fingerprint density at radius 3 is 2.68 bits per heavy atom. The Bertz CT molecular complexity index is 723. The van der Waals surface area contributed by atoms with Crippen molar-refractivity contribution in [3.63, 3.8) is 0 Å². The molecular formula is C13H13NO4S. The topological polar surface area (TPSA) is 76.5 Å². The number of para-hydroxylation sites is 1. The van der Waals surface area contributed by atoms with E-state index < -0.39 is 10.4 Å². The summed E-state index contributed by atoms with van der Waals surface area (Å²) in [7, 11) is -3.29. The van der Waals surface area contributed by atoms with Gasteiger partial charge in [0, 0.05) is 5.39 Å². The second kappa shape index (κ2) is 5.48. The molecule has 0 aliphatic heterocycles. The van der Waals surface area contributed by atoms with Crippen molar-refractivity contribution in [3.05, 3.63) is 47.7 Å². The summed E-state index contributed by atoms with van der Waals surface area (Å²) in [6.45, 7) is 0. The molecule has 0 radical (unpaired) electrons. The van der Waals surface area contributed by atoms with Crippen molar-refractivity contribution in [2.24, 2.45) is 0 Å². The molecule has 0 bridgehead atoms. The smallest absolute Gasteiger partial charge is 0.264 e. The number of rotatable bonds is 1. The van der Waals surface area contributed by atoms with Crippen molar-refractivity contribution in [1.82, 2.24) is 4.98 Å². The van der Waals surface area contributed by atoms with Gasteiger partial charge >= 0.3 is 10.4 Å². The third-order valence-electron chi connectivity index (χ3n) is 2.66. The number of nitrogens with zero attached hydrogens (tertiary/aromatic N) is 1. The van der Waals surface area contributed by atoms with Gasteiger partial charge in [0.25, 0.3) is 0 Å². The molecule has 5 nitrogen and oxygen atoms in total. The normalized spacial score (nSPS) is 12.9. The molecule has 0 fully saturated rings. The van der Waals surface area contributed by atoms with Crippen LogP contribution in [0.15, 0.2) is 36.4 Å². The van der Waals surface area contributed by atoms with Crippen molar-refractivity contribution in [1.29, 1.82) is 0 Å². The maximum absolute atomic E-state index is 9.33. The van der Waals surface area contributed by atoms with Crippen LogP contribution >= 0.6 is 0 Å². The van der Waals surface area contributed by atoms with Crippen LogP contribution in [0.2, 0.25) is 0 Å². The van der Waals surface area contributed by atoms with Gasteiger partial charge in [-0.2, -0.15) is 8.42 Å². The van der Waals surface area contributed by atoms with Crippen LogP contribution in [0.5, 0.6) is 0 Å². The minimum absolute atomic E-state index is 0.870. The molecular weight excluding hydrogens is 266 g/mol. The van der Waals surface area contributed by atoms with E-state index in [-0.39, 0.29) is 0 Å². The van der Waals surface area contributed by atoms with Crippen LogP contribution in [0.25, 0.3) is 17.0 Å². The van der Waals surface area contributed by atoms with Crippen molar-refractivity contribution in [3.8, 4) is 0 Å². The Balaban J connectivity index is 0.000000192. The molecule has 1 aliphatic carbocycles. The standard InChI is InChI=1S/C12H9N.CH4O4S/c1-2-6-11-9(4-1)8-10-5-3-7-12(10)13-11;1-5-6(2,3)4/h1-4,6-8H,5H2;1H3,(H,2,3,4). The van der Waals surface area contributed by atoms with Crippen LogP contribution < -0.4 is 0 Å². The zero-order valence-corrected chi connectivity index (χ0v) is 11.1. The molecule has 0 spiro atoms. The number of allylic oxidation sites excluding steroid dienone is 1. The molecule has 1 aromatic carbocycles. The minimum Gasteiger partial charge on any atom is -0.264 e. The first kappa shape index (κ1) is 13.7. The molecule has 1 N–H and O–H groups in total. The second-order valence-corrected chi connectivity index (χ2v) is 5.12. The molecule has 0 atom stereocenters. The molecule has 1 aliphatic rings. The SMILES string of the molecule is C1=Cc2nc3ccccc3cc2C1.COS(=O)(=O)O. The lowest BCUT2D eigenvalue weighted by Gasteiger charge is -2.01. The third-order valence-corrected chi connectivity index (χ3v) is 3.08. The van der Waals surface area contributed by atoms with Crippen LogP contribution in [0.1, 0.15) is 11.3 Å². The molecule has 19 heavy (non-hydrogen) atoms. The fraction of sp³-hybridized carbons (Fsp3) is 0.154. The predicted molar refractivity (Wildman–Crippen MR) is 73.0 cm³/mol. The van der Waals surface area contributed by atoms with Gasteiger partial charge in [0.05, 0.1) is 18.3 Å². The van der Waals surface area contributed by atoms with Gasteiger partial charge in [0.15, 0.2) is 0 Å². The molecule has 0 saturated heterocycles. The highest BCUT2D eigenvalue weighted by molar-refractivity contribution is 7.80. The van der Waals surface area contributed by atoms with E-state index in [0.717, 1.165) is 24.7 Å². The monoisotopic (exact) mass is 279 g/mol. The molecule has 100 valence electrons. The quantitative estimate of drug-likeness (QED) is 0.810. The summed E-state index contributed by atoms with van der Waals surface area (Å²) in [6.07, 6.45) is 5.30. The Kier molecular flexibility index (Phi) is 3.94. The Morgan fingerprint density at radius 1 is 1.32 bits per heavy atom. The average Bonchev–Trinajstić information content (AvgIpc) is 2.83. The molecule has 2 aromatic rings. The van der Waals surface area contributed by atoms with Crippen molar-refractivity contribution in [2.75, 3.05) is 7.11 Å². The minimum atomic E-state index is -4.16. The summed E-state index contributed by atoms with van der Waals surface area (Å²) >= 11 is 0. The van der Waals surface area contributed by atoms with E-state index in [2.05, 4.69) is 45.6 Å². The van der Waals surface area contributed by atoms with Gasteiger partial charge in [-0.1, -0.05) is 24.3 Å². The molecule has 6 heteroatoms. The predicted octanol–water partition coefficient (Wildman–Crippen LogP) is 2.24. The molecule has 0 amide bonds. The van der Waals surface area contributed by atoms with Gasteiger partial charge in [0.1, 0.15) is 0 Å². The van der Waals surface area contributed by atoms with Crippen LogP contribution in [-0.2, 0) is 21.0 Å². The fourth-order valence-electron chi connectivity index (χ4n) is 1.78. The van der Waals surface area contributed by atoms with Crippen molar-refractivity contribution in [2.45, 2.75) is 6.42 Å². The first-order valence-electron chi connectivity index (χ1n) is 5.58. The average molecular weight is 279 g/mol. The molecule has 0 saturated carbocycles. The number of fused-ring (bicyclic) bond motifs is 2. The Hall–Kier alpha value is -1.76. The number of pyridine rings is 1. The lowest BCUT2D eigenvalue weighted by atomic mass is 10.1. The third kappa shape index (κ3) is 3.60. The van der Waals surface area contributed by atoms with E-state index in [1.807, 2.05) is 6.07 Å². The number of hydrogen-bond donors (Lipinski definition) is 1. The van der Waals surface area contributed by atoms with Crippen molar-refractivity contribution >= 4 is 27.4 Å². The fourth-order valence-corrected chi connectivity index (χ4v) is 1.78. The number of benzene rings is 1. The first-order valence-corrected chi connectivity index (χ1v) is 6.94. The molecule has 1 heterocycles. The first-order chi connectivity index (χ1) is 8.99. The molecule has 0 unspecified atom stereocenters. The van der Waals surface area contributed by atoms with Crippen LogP contribution in [-0.4, -0.2) is 25.1 Å². The highest BCUT2D eigenvalue weighted by atomic mass is 32.3. The summed E-state index contributed by atoms with van der Waals surface area (Å²) in [5.41, 5.74) is 3.57. The summed E-state index contributed by atoms with van der Waals surface area (Å²) in [4.78, 5) is 4.57. The van der Waals surface area contributed by atoms with E-state index in [1.54, 1.807) is 0 Å². The summed E-state index contributed by atoms with van der Waals surface area (Å²) < 4.78 is 29.7. The summed E-state index contributed by atoms with van der Waals surface area (Å²) in [6, 6.07) is 10.5. The number of aromatic nitrogens is 1. The highest BCUT2D eigenvalue weighted by Gasteiger charge is 2.06. The lowest BCUT2D eigenvalue weighted by Crippen LogP contribution is -1.96. The summed E-state index contributed by atoms with van der Waals surface area (Å²) in [5.74, 6) is 0. The van der Waals surface area contributed by atoms with Crippen LogP contribution in [0.3, 0.4) is 0 Å². The van der Waals surface area contributed by atoms with Gasteiger partial charge in [-0.3, -0.25) is 8.74 Å².